The first-order chi connectivity index (χ1) is 6.75. The van der Waals surface area contributed by atoms with Gasteiger partial charge in [0.05, 0.1) is 0 Å². The van der Waals surface area contributed by atoms with Gasteiger partial charge >= 0.3 is 0 Å². The van der Waals surface area contributed by atoms with Crippen LogP contribution in [0.15, 0.2) is 40.4 Å². The third-order valence-corrected chi connectivity index (χ3v) is 2.38. The van der Waals surface area contributed by atoms with Crippen molar-refractivity contribution in [3.63, 3.8) is 0 Å². The maximum Gasteiger partial charge on any atom is 0.144 e. The number of allylic oxidation sites excluding steroid dienone is 1. The molecule has 3 heteroatoms. The lowest BCUT2D eigenvalue weighted by Gasteiger charge is -2.16. The predicted molar refractivity (Wildman–Crippen MR) is 62.6 cm³/mol. The van der Waals surface area contributed by atoms with Gasteiger partial charge in [0.1, 0.15) is 6.17 Å². The second-order valence-corrected chi connectivity index (χ2v) is 3.84. The van der Waals surface area contributed by atoms with Gasteiger partial charge < -0.3 is 5.32 Å². The molecule has 72 valence electrons. The molecule has 1 aliphatic heterocycles. The van der Waals surface area contributed by atoms with Crippen LogP contribution in [0, 0.1) is 6.92 Å². The molecule has 1 N–H and O–H groups in total. The summed E-state index contributed by atoms with van der Waals surface area (Å²) in [6.07, 6.45) is 3.66. The van der Waals surface area contributed by atoms with E-state index in [0.29, 0.717) is 0 Å². The lowest BCUT2D eigenvalue weighted by atomic mass is 10.1. The van der Waals surface area contributed by atoms with Gasteiger partial charge in [-0.05, 0) is 12.5 Å². The van der Waals surface area contributed by atoms with E-state index in [2.05, 4.69) is 54.1 Å². The highest BCUT2D eigenvalue weighted by Crippen LogP contribution is 2.18. The summed E-state index contributed by atoms with van der Waals surface area (Å²) in [5.74, 6) is 0. The van der Waals surface area contributed by atoms with Crippen molar-refractivity contribution in [3.8, 4) is 0 Å². The van der Waals surface area contributed by atoms with Crippen molar-refractivity contribution < 1.29 is 0 Å². The predicted octanol–water partition coefficient (Wildman–Crippen LogP) is 2.44. The molecule has 0 bridgehead atoms. The summed E-state index contributed by atoms with van der Waals surface area (Å²) in [5.41, 5.74) is 2.43. The molecule has 0 radical (unpaired) electrons. The van der Waals surface area contributed by atoms with Gasteiger partial charge in [0.15, 0.2) is 0 Å². The zero-order chi connectivity index (χ0) is 9.97. The van der Waals surface area contributed by atoms with E-state index >= 15 is 0 Å². The van der Waals surface area contributed by atoms with Gasteiger partial charge in [-0.25, -0.2) is 0 Å². The Morgan fingerprint density at radius 3 is 2.57 bits per heavy atom. The van der Waals surface area contributed by atoms with Crippen LogP contribution in [-0.2, 0) is 0 Å². The van der Waals surface area contributed by atoms with Crippen molar-refractivity contribution in [2.45, 2.75) is 13.1 Å². The summed E-state index contributed by atoms with van der Waals surface area (Å²) in [5, 5.41) is 3.17. The van der Waals surface area contributed by atoms with Crippen LogP contribution in [0.25, 0.3) is 0 Å². The van der Waals surface area contributed by atoms with E-state index in [1.165, 1.54) is 11.1 Å². The van der Waals surface area contributed by atoms with Crippen LogP contribution in [0.1, 0.15) is 17.3 Å². The fourth-order valence-corrected chi connectivity index (χ4v) is 1.47. The highest BCUT2D eigenvalue weighted by molar-refractivity contribution is 7.85. The van der Waals surface area contributed by atoms with Crippen molar-refractivity contribution in [1.82, 2.24) is 5.32 Å². The summed E-state index contributed by atoms with van der Waals surface area (Å²) in [6, 6.07) is 8.35. The smallest absolute Gasteiger partial charge is 0.144 e. The van der Waals surface area contributed by atoms with Crippen molar-refractivity contribution in [2.24, 2.45) is 4.99 Å². The Kier molecular flexibility index (Phi) is 2.59. The Bertz CT molecular complexity index is 379. The first-order valence-electron chi connectivity index (χ1n) is 4.50. The van der Waals surface area contributed by atoms with Gasteiger partial charge in [-0.1, -0.05) is 29.8 Å². The Hall–Kier alpha value is -1.22. The molecule has 1 aromatic carbocycles. The number of rotatable bonds is 1. The van der Waals surface area contributed by atoms with Gasteiger partial charge in [-0.3, -0.25) is 4.99 Å². The molecule has 1 heterocycles. The molecule has 1 aromatic rings. The van der Waals surface area contributed by atoms with Crippen molar-refractivity contribution in [3.05, 3.63) is 46.5 Å². The molecular formula is C11H12N2S. The third kappa shape index (κ3) is 1.99. The molecule has 1 aliphatic rings. The van der Waals surface area contributed by atoms with Crippen LogP contribution in [-0.4, -0.2) is 6.21 Å². The molecule has 0 saturated carbocycles. The van der Waals surface area contributed by atoms with Gasteiger partial charge in [-0.2, -0.15) is 0 Å². The standard InChI is InChI=1S/C11H12N2S/c1-8-2-4-9(5-3-8)11-12-6-10(14)7-13-11/h2-7,11-12,14H,1H3. The quantitative estimate of drug-likeness (QED) is 0.675. The number of aryl methyl sites for hydroxylation is 1. The first-order valence-corrected chi connectivity index (χ1v) is 4.95. The second-order valence-electron chi connectivity index (χ2n) is 3.33. The first kappa shape index (κ1) is 9.34. The number of nitrogens with one attached hydrogen (secondary N) is 1. The molecule has 0 saturated heterocycles. The molecule has 14 heavy (non-hydrogen) atoms. The minimum Gasteiger partial charge on any atom is -0.365 e. The van der Waals surface area contributed by atoms with E-state index in [4.69, 9.17) is 0 Å². The zero-order valence-electron chi connectivity index (χ0n) is 7.94. The van der Waals surface area contributed by atoms with Crippen molar-refractivity contribution >= 4 is 18.8 Å². The maximum absolute atomic E-state index is 4.33. The second kappa shape index (κ2) is 3.88. The average Bonchev–Trinajstić information content (AvgIpc) is 2.21. The Balaban J connectivity index is 2.18. The van der Waals surface area contributed by atoms with Gasteiger partial charge in [-0.15, -0.1) is 12.6 Å². The summed E-state index contributed by atoms with van der Waals surface area (Å²) < 4.78 is 0. The van der Waals surface area contributed by atoms with Crippen molar-refractivity contribution in [2.75, 3.05) is 0 Å². The van der Waals surface area contributed by atoms with Crippen LogP contribution in [0.5, 0.6) is 0 Å². The highest BCUT2D eigenvalue weighted by atomic mass is 32.1. The molecule has 1 unspecified atom stereocenters. The minimum atomic E-state index is 0.0338. The zero-order valence-corrected chi connectivity index (χ0v) is 8.83. The van der Waals surface area contributed by atoms with E-state index in [0.717, 1.165) is 4.91 Å². The fourth-order valence-electron chi connectivity index (χ4n) is 1.33. The van der Waals surface area contributed by atoms with Crippen LogP contribution in [0.3, 0.4) is 0 Å². The Morgan fingerprint density at radius 2 is 2.00 bits per heavy atom. The topological polar surface area (TPSA) is 24.4 Å². The van der Waals surface area contributed by atoms with E-state index in [-0.39, 0.29) is 6.17 Å². The van der Waals surface area contributed by atoms with E-state index < -0.39 is 0 Å². The molecule has 0 aliphatic carbocycles. The minimum absolute atomic E-state index is 0.0338. The number of nitrogens with zero attached hydrogens (tertiary/aromatic N) is 1. The third-order valence-electron chi connectivity index (χ3n) is 2.14. The number of aliphatic imine (C=N–C) groups is 1. The van der Waals surface area contributed by atoms with E-state index in [1.54, 1.807) is 6.21 Å². The average molecular weight is 204 g/mol. The van der Waals surface area contributed by atoms with Crippen LogP contribution in [0.4, 0.5) is 0 Å². The number of thiol groups is 1. The number of hydrogen-bond acceptors (Lipinski definition) is 3. The summed E-state index contributed by atoms with van der Waals surface area (Å²) in [4.78, 5) is 5.18. The SMILES string of the molecule is Cc1ccc(C2N=CC(S)=CN2)cc1. The van der Waals surface area contributed by atoms with E-state index in [1.807, 2.05) is 6.20 Å². The molecule has 0 spiro atoms. The maximum atomic E-state index is 4.33. The molecule has 0 amide bonds. The summed E-state index contributed by atoms with van der Waals surface area (Å²) in [7, 11) is 0. The van der Waals surface area contributed by atoms with Gasteiger partial charge in [0.25, 0.3) is 0 Å². The van der Waals surface area contributed by atoms with Crippen LogP contribution >= 0.6 is 12.6 Å². The Morgan fingerprint density at radius 1 is 1.29 bits per heavy atom. The molecule has 2 nitrogen and oxygen atoms in total. The van der Waals surface area contributed by atoms with E-state index in [9.17, 15) is 0 Å². The molecular weight excluding hydrogens is 192 g/mol. The van der Waals surface area contributed by atoms with Crippen LogP contribution < -0.4 is 5.32 Å². The lowest BCUT2D eigenvalue weighted by molar-refractivity contribution is 0.652. The number of benzene rings is 1. The highest BCUT2D eigenvalue weighted by Gasteiger charge is 2.09. The van der Waals surface area contributed by atoms with Gasteiger partial charge in [0, 0.05) is 17.3 Å². The normalized spacial score (nSPS) is 20.1. The molecule has 0 aromatic heterocycles. The Labute approximate surface area is 89.2 Å². The van der Waals surface area contributed by atoms with Crippen LogP contribution in [0.2, 0.25) is 0 Å². The monoisotopic (exact) mass is 204 g/mol. The molecule has 1 atom stereocenters. The molecule has 0 fully saturated rings. The number of hydrogen-bond donors (Lipinski definition) is 2. The summed E-state index contributed by atoms with van der Waals surface area (Å²) in [6.45, 7) is 2.08. The van der Waals surface area contributed by atoms with Gasteiger partial charge in [0.2, 0.25) is 0 Å². The van der Waals surface area contributed by atoms with Crippen molar-refractivity contribution in [1.29, 1.82) is 0 Å². The largest absolute Gasteiger partial charge is 0.365 e. The summed E-state index contributed by atoms with van der Waals surface area (Å²) >= 11 is 4.18. The molecule has 2 rings (SSSR count). The lowest BCUT2D eigenvalue weighted by Crippen LogP contribution is -2.17. The fraction of sp³-hybridized carbons (Fsp3) is 0.182.